The number of nitrogens with one attached hydrogen (secondary N) is 1. The predicted octanol–water partition coefficient (Wildman–Crippen LogP) is 4.69. The highest BCUT2D eigenvalue weighted by molar-refractivity contribution is 7.19. The van der Waals surface area contributed by atoms with Gasteiger partial charge in [0.25, 0.3) is 0 Å². The van der Waals surface area contributed by atoms with Crippen LogP contribution in [-0.2, 0) is 22.6 Å². The number of benzene rings is 1. The topological polar surface area (TPSA) is 65.5 Å². The van der Waals surface area contributed by atoms with E-state index < -0.39 is 0 Å². The van der Waals surface area contributed by atoms with Crippen molar-refractivity contribution in [2.45, 2.75) is 51.6 Å². The van der Waals surface area contributed by atoms with E-state index in [1.54, 1.807) is 11.3 Å². The number of rotatable bonds is 4. The molecule has 176 valence electrons. The van der Waals surface area contributed by atoms with Gasteiger partial charge in [-0.2, -0.15) is 0 Å². The van der Waals surface area contributed by atoms with Crippen LogP contribution in [0.1, 0.15) is 41.8 Å². The molecule has 1 unspecified atom stereocenters. The highest BCUT2D eigenvalue weighted by atomic mass is 35.5. The highest BCUT2D eigenvalue weighted by Gasteiger charge is 2.31. The number of carbonyl (C=O) groups excluding carboxylic acids is 2. The molecule has 34 heavy (non-hydrogen) atoms. The van der Waals surface area contributed by atoms with Crippen molar-refractivity contribution in [2.75, 3.05) is 24.5 Å². The molecule has 3 aliphatic rings. The molecule has 6 rings (SSSR count). The average Bonchev–Trinajstić information content (AvgIpc) is 3.55. The van der Waals surface area contributed by atoms with E-state index in [4.69, 9.17) is 16.6 Å². The summed E-state index contributed by atoms with van der Waals surface area (Å²) in [7, 11) is 0. The van der Waals surface area contributed by atoms with Gasteiger partial charge < -0.3 is 10.2 Å². The highest BCUT2D eigenvalue weighted by Crippen LogP contribution is 2.45. The summed E-state index contributed by atoms with van der Waals surface area (Å²) >= 11 is 8.28. The monoisotopic (exact) mass is 494 g/mol. The largest absolute Gasteiger partial charge is 0.366 e. The van der Waals surface area contributed by atoms with Gasteiger partial charge in [-0.1, -0.05) is 11.6 Å². The number of hydrogen-bond acceptors (Lipinski definition) is 6. The van der Waals surface area contributed by atoms with E-state index in [0.29, 0.717) is 25.4 Å². The molecule has 3 aromatic rings. The molecule has 2 saturated heterocycles. The summed E-state index contributed by atoms with van der Waals surface area (Å²) in [6.07, 6.45) is 3.93. The zero-order chi connectivity index (χ0) is 23.4. The molecule has 5 heterocycles. The van der Waals surface area contributed by atoms with Gasteiger partial charge in [0.1, 0.15) is 0 Å². The Morgan fingerprint density at radius 3 is 2.71 bits per heavy atom. The number of aryl methyl sites for hydroxylation is 2. The molecule has 2 amide bonds. The number of carbonyl (C=O) groups is 2. The number of halogens is 1. The van der Waals surface area contributed by atoms with Gasteiger partial charge in [0.2, 0.25) is 11.8 Å². The van der Waals surface area contributed by atoms with Crippen molar-refractivity contribution in [2.24, 2.45) is 0 Å². The standard InChI is InChI=1S/C26H27ClN4O2S/c1-15-9-21(26-22(29-15)12-19(34-26)14-31-23(32)4-5-24(31)33)20-11-17(27)10-16-3-2-8-30(25(16)20)18-6-7-28-13-18/h9-12,18,28H,2-8,13-14H2,1H3. The quantitative estimate of drug-likeness (QED) is 0.533. The summed E-state index contributed by atoms with van der Waals surface area (Å²) < 4.78 is 1.08. The number of nitrogens with zero attached hydrogens (tertiary/aromatic N) is 3. The molecular formula is C26H27ClN4O2S. The molecule has 6 nitrogen and oxygen atoms in total. The maximum absolute atomic E-state index is 12.2. The fourth-order valence-electron chi connectivity index (χ4n) is 5.65. The first kappa shape index (κ1) is 22.0. The van der Waals surface area contributed by atoms with Crippen LogP contribution >= 0.6 is 22.9 Å². The van der Waals surface area contributed by atoms with E-state index in [2.05, 4.69) is 28.4 Å². The van der Waals surface area contributed by atoms with Crippen molar-refractivity contribution in [1.29, 1.82) is 0 Å². The number of pyridine rings is 1. The molecular weight excluding hydrogens is 468 g/mol. The minimum absolute atomic E-state index is 0.0865. The molecule has 1 aromatic carbocycles. The number of fused-ring (bicyclic) bond motifs is 2. The first-order valence-corrected chi connectivity index (χ1v) is 13.2. The van der Waals surface area contributed by atoms with Crippen molar-refractivity contribution in [3.63, 3.8) is 0 Å². The number of imide groups is 1. The Kier molecular flexibility index (Phi) is 5.59. The van der Waals surface area contributed by atoms with Crippen LogP contribution in [0.25, 0.3) is 21.3 Å². The Morgan fingerprint density at radius 2 is 1.94 bits per heavy atom. The average molecular weight is 495 g/mol. The summed E-state index contributed by atoms with van der Waals surface area (Å²) in [4.78, 5) is 34.1. The predicted molar refractivity (Wildman–Crippen MR) is 137 cm³/mol. The molecule has 8 heteroatoms. The number of aromatic nitrogens is 1. The minimum Gasteiger partial charge on any atom is -0.366 e. The van der Waals surface area contributed by atoms with Crippen LogP contribution in [0.3, 0.4) is 0 Å². The van der Waals surface area contributed by atoms with Crippen LogP contribution in [0.2, 0.25) is 5.02 Å². The lowest BCUT2D eigenvalue weighted by Gasteiger charge is -2.38. The van der Waals surface area contributed by atoms with Gasteiger partial charge in [-0.05, 0) is 62.6 Å². The molecule has 2 fully saturated rings. The molecule has 1 N–H and O–H groups in total. The Morgan fingerprint density at radius 1 is 1.12 bits per heavy atom. The number of thiophene rings is 1. The lowest BCUT2D eigenvalue weighted by Crippen LogP contribution is -2.40. The second-order valence-corrected chi connectivity index (χ2v) is 11.1. The van der Waals surface area contributed by atoms with Crippen molar-refractivity contribution >= 4 is 50.7 Å². The van der Waals surface area contributed by atoms with E-state index in [0.717, 1.165) is 75.8 Å². The normalized spacial score (nSPS) is 20.6. The van der Waals surface area contributed by atoms with E-state index in [9.17, 15) is 9.59 Å². The van der Waals surface area contributed by atoms with Gasteiger partial charge in [-0.15, -0.1) is 11.3 Å². The van der Waals surface area contributed by atoms with Gasteiger partial charge in [0, 0.05) is 64.4 Å². The Hall–Kier alpha value is -2.48. The molecule has 3 aliphatic heterocycles. The van der Waals surface area contributed by atoms with E-state index in [1.165, 1.54) is 16.2 Å². The third-order valence-corrected chi connectivity index (χ3v) is 8.54. The van der Waals surface area contributed by atoms with Crippen molar-refractivity contribution in [1.82, 2.24) is 15.2 Å². The van der Waals surface area contributed by atoms with Gasteiger partial charge in [-0.3, -0.25) is 19.5 Å². The van der Waals surface area contributed by atoms with Crippen molar-refractivity contribution in [3.8, 4) is 11.1 Å². The maximum Gasteiger partial charge on any atom is 0.230 e. The first-order chi connectivity index (χ1) is 16.5. The molecule has 0 saturated carbocycles. The molecule has 2 aromatic heterocycles. The number of amides is 2. The summed E-state index contributed by atoms with van der Waals surface area (Å²) in [5.41, 5.74) is 6.76. The lowest BCUT2D eigenvalue weighted by atomic mass is 9.92. The minimum atomic E-state index is -0.0865. The second-order valence-electron chi connectivity index (χ2n) is 9.52. The third kappa shape index (κ3) is 3.80. The fraction of sp³-hybridized carbons (Fsp3) is 0.423. The molecule has 0 radical (unpaired) electrons. The van der Waals surface area contributed by atoms with Crippen LogP contribution in [0.15, 0.2) is 24.3 Å². The summed E-state index contributed by atoms with van der Waals surface area (Å²) in [6.45, 7) is 5.46. The molecule has 0 bridgehead atoms. The van der Waals surface area contributed by atoms with Crippen LogP contribution in [0.4, 0.5) is 5.69 Å². The van der Waals surface area contributed by atoms with E-state index >= 15 is 0 Å². The van der Waals surface area contributed by atoms with Crippen LogP contribution in [0.5, 0.6) is 0 Å². The lowest BCUT2D eigenvalue weighted by molar-refractivity contribution is -0.138. The summed E-state index contributed by atoms with van der Waals surface area (Å²) in [5.74, 6) is -0.173. The van der Waals surface area contributed by atoms with Crippen LogP contribution in [-0.4, -0.2) is 47.4 Å². The Labute approximate surface area is 207 Å². The van der Waals surface area contributed by atoms with Gasteiger partial charge in [0.15, 0.2) is 0 Å². The Balaban J connectivity index is 1.49. The SMILES string of the molecule is Cc1cc(-c2cc(Cl)cc3c2N(C2CCNC2)CCC3)c2sc(CN3C(=O)CCC3=O)cc2n1. The van der Waals surface area contributed by atoms with Gasteiger partial charge in [-0.25, -0.2) is 0 Å². The molecule has 0 aliphatic carbocycles. The van der Waals surface area contributed by atoms with Crippen LogP contribution < -0.4 is 10.2 Å². The van der Waals surface area contributed by atoms with Crippen LogP contribution in [0, 0.1) is 6.92 Å². The smallest absolute Gasteiger partial charge is 0.230 e. The summed E-state index contributed by atoms with van der Waals surface area (Å²) in [6, 6.07) is 8.90. The van der Waals surface area contributed by atoms with E-state index in [1.807, 2.05) is 13.0 Å². The fourth-order valence-corrected chi connectivity index (χ4v) is 7.00. The van der Waals surface area contributed by atoms with Crippen molar-refractivity contribution < 1.29 is 9.59 Å². The summed E-state index contributed by atoms with van der Waals surface area (Å²) in [5, 5.41) is 4.28. The first-order valence-electron chi connectivity index (χ1n) is 12.0. The van der Waals surface area contributed by atoms with E-state index in [-0.39, 0.29) is 11.8 Å². The zero-order valence-corrected chi connectivity index (χ0v) is 20.8. The number of likely N-dealkylation sites (tertiary alicyclic amines) is 1. The molecule has 0 spiro atoms. The third-order valence-electron chi connectivity index (χ3n) is 7.18. The maximum atomic E-state index is 12.2. The van der Waals surface area contributed by atoms with Crippen molar-refractivity contribution in [3.05, 3.63) is 45.4 Å². The molecule has 1 atom stereocenters. The Bertz CT molecular complexity index is 1300. The second kappa shape index (κ2) is 8.63. The number of anilines is 1. The number of hydrogen-bond donors (Lipinski definition) is 1. The van der Waals surface area contributed by atoms with Gasteiger partial charge in [0.05, 0.1) is 16.8 Å². The zero-order valence-electron chi connectivity index (χ0n) is 19.2. The van der Waals surface area contributed by atoms with Gasteiger partial charge >= 0.3 is 0 Å².